The first-order valence-electron chi connectivity index (χ1n) is 20.8. The van der Waals surface area contributed by atoms with Crippen molar-refractivity contribution >= 4 is 61.2 Å². The fourth-order valence-corrected chi connectivity index (χ4v) is 8.77. The van der Waals surface area contributed by atoms with Crippen LogP contribution in [0.3, 0.4) is 0 Å². The van der Waals surface area contributed by atoms with Crippen molar-refractivity contribution in [2.45, 2.75) is 0 Å². The number of hydrogen-bond acceptors (Lipinski definition) is 7. The lowest BCUT2D eigenvalue weighted by Crippen LogP contribution is -2.16. The molecule has 5 aromatic carbocycles. The summed E-state index contributed by atoms with van der Waals surface area (Å²) < 4.78 is 4.60. The van der Waals surface area contributed by atoms with Crippen LogP contribution >= 0.6 is 0 Å². The molecule has 12 aromatic rings. The van der Waals surface area contributed by atoms with Gasteiger partial charge in [-0.15, -0.1) is 0 Å². The van der Waals surface area contributed by atoms with Crippen LogP contribution in [0.15, 0.2) is 213 Å². The Morgan fingerprint density at radius 1 is 0.333 bits per heavy atom. The van der Waals surface area contributed by atoms with Crippen molar-refractivity contribution in [3.8, 4) is 45.3 Å². The predicted molar refractivity (Wildman–Crippen MR) is 253 cm³/mol. The van der Waals surface area contributed by atoms with Crippen LogP contribution in [0.1, 0.15) is 0 Å². The van der Waals surface area contributed by atoms with Crippen LogP contribution in [0.5, 0.6) is 0 Å². The van der Waals surface area contributed by atoms with Gasteiger partial charge < -0.3 is 14.0 Å². The molecule has 7 aromatic heterocycles. The second-order valence-electron chi connectivity index (χ2n) is 15.2. The highest BCUT2D eigenvalue weighted by atomic mass is 15.2. The summed E-state index contributed by atoms with van der Waals surface area (Å²) in [6.07, 6.45) is 7.33. The van der Waals surface area contributed by atoms with Gasteiger partial charge in [-0.25, -0.2) is 9.97 Å². The standard InChI is InChI=1S/C54H35N9/c1-5-17-36(18-6-1)41-35-42(60-54(59-41)37-19-7-2-8-20-37)38-33-47(62-43-25-13-29-55-49(43)50-44(62)26-14-30-56-50)53(61(39-21-9-3-10-22-39)40-23-11-4-12-24-40)48(34-38)63-45-27-15-31-57-51(45)52-46(63)28-16-32-58-52/h1-35H. The quantitative estimate of drug-likeness (QED) is 0.151. The summed E-state index contributed by atoms with van der Waals surface area (Å²) in [7, 11) is 0. The van der Waals surface area contributed by atoms with Gasteiger partial charge >= 0.3 is 0 Å². The van der Waals surface area contributed by atoms with Crippen molar-refractivity contribution in [3.05, 3.63) is 213 Å². The highest BCUT2D eigenvalue weighted by Crippen LogP contribution is 2.48. The summed E-state index contributed by atoms with van der Waals surface area (Å²) in [6.45, 7) is 0. The molecule has 7 heterocycles. The first-order valence-corrected chi connectivity index (χ1v) is 20.8. The molecule has 0 bridgehead atoms. The van der Waals surface area contributed by atoms with E-state index in [4.69, 9.17) is 29.9 Å². The molecule has 0 saturated carbocycles. The minimum atomic E-state index is 0.629. The molecular formula is C54H35N9. The Bertz CT molecular complexity index is 3290. The Hall–Kier alpha value is -8.82. The van der Waals surface area contributed by atoms with Crippen molar-refractivity contribution in [3.63, 3.8) is 0 Å². The molecule has 9 heteroatoms. The number of fused-ring (bicyclic) bond motifs is 6. The Kier molecular flexibility index (Phi) is 8.60. The van der Waals surface area contributed by atoms with Gasteiger partial charge in [-0.2, -0.15) is 0 Å². The van der Waals surface area contributed by atoms with E-state index in [0.717, 1.165) is 101 Å². The molecule has 0 aliphatic carbocycles. The van der Waals surface area contributed by atoms with Crippen molar-refractivity contribution in [1.82, 2.24) is 39.0 Å². The van der Waals surface area contributed by atoms with Gasteiger partial charge in [0.25, 0.3) is 0 Å². The van der Waals surface area contributed by atoms with Gasteiger partial charge in [-0.1, -0.05) is 97.1 Å². The highest BCUT2D eigenvalue weighted by molar-refractivity contribution is 6.08. The van der Waals surface area contributed by atoms with Crippen LogP contribution in [-0.4, -0.2) is 39.0 Å². The van der Waals surface area contributed by atoms with E-state index in [1.165, 1.54) is 0 Å². The van der Waals surface area contributed by atoms with Crippen molar-refractivity contribution < 1.29 is 0 Å². The summed E-state index contributed by atoms with van der Waals surface area (Å²) in [5.74, 6) is 0.629. The van der Waals surface area contributed by atoms with Crippen molar-refractivity contribution in [2.24, 2.45) is 0 Å². The largest absolute Gasteiger partial charge is 0.307 e. The molecule has 0 atom stereocenters. The third-order valence-electron chi connectivity index (χ3n) is 11.5. The zero-order valence-electron chi connectivity index (χ0n) is 33.7. The van der Waals surface area contributed by atoms with E-state index in [1.54, 1.807) is 0 Å². The number of aromatic nitrogens is 8. The van der Waals surface area contributed by atoms with Gasteiger partial charge in [0.1, 0.15) is 22.1 Å². The summed E-state index contributed by atoms with van der Waals surface area (Å²) >= 11 is 0. The second-order valence-corrected chi connectivity index (χ2v) is 15.2. The number of rotatable bonds is 8. The average Bonchev–Trinajstić information content (AvgIpc) is 3.88. The van der Waals surface area contributed by atoms with E-state index in [-0.39, 0.29) is 0 Å². The van der Waals surface area contributed by atoms with E-state index in [2.05, 4.69) is 141 Å². The lowest BCUT2D eigenvalue weighted by molar-refractivity contribution is 1.09. The number of anilines is 3. The van der Waals surface area contributed by atoms with Crippen LogP contribution < -0.4 is 4.90 Å². The molecule has 0 radical (unpaired) electrons. The van der Waals surface area contributed by atoms with Crippen LogP contribution in [0, 0.1) is 0 Å². The summed E-state index contributed by atoms with van der Waals surface area (Å²) in [4.78, 5) is 32.6. The van der Waals surface area contributed by atoms with Crippen LogP contribution in [0.4, 0.5) is 17.1 Å². The lowest BCUT2D eigenvalue weighted by atomic mass is 10.0. The predicted octanol–water partition coefficient (Wildman–Crippen LogP) is 12.7. The summed E-state index contributed by atoms with van der Waals surface area (Å²) in [6, 6.07) is 64.6. The number of para-hydroxylation sites is 2. The lowest BCUT2D eigenvalue weighted by Gasteiger charge is -2.31. The maximum absolute atomic E-state index is 5.39. The molecule has 0 unspecified atom stereocenters. The topological polar surface area (TPSA) is 90.4 Å². The molecule has 9 nitrogen and oxygen atoms in total. The molecule has 296 valence electrons. The first kappa shape index (κ1) is 36.1. The molecule has 0 spiro atoms. The molecule has 0 N–H and O–H groups in total. The Morgan fingerprint density at radius 3 is 1.11 bits per heavy atom. The van der Waals surface area contributed by atoms with E-state index in [0.29, 0.717) is 5.82 Å². The van der Waals surface area contributed by atoms with Gasteiger partial charge in [-0.05, 0) is 91.0 Å². The summed E-state index contributed by atoms with van der Waals surface area (Å²) in [5, 5.41) is 0. The molecule has 63 heavy (non-hydrogen) atoms. The normalized spacial score (nSPS) is 11.5. The van der Waals surface area contributed by atoms with Gasteiger partial charge in [0.15, 0.2) is 5.82 Å². The van der Waals surface area contributed by atoms with Gasteiger partial charge in [0.05, 0.1) is 50.5 Å². The molecular weight excluding hydrogens is 775 g/mol. The third-order valence-corrected chi connectivity index (χ3v) is 11.5. The van der Waals surface area contributed by atoms with Crippen molar-refractivity contribution in [1.29, 1.82) is 0 Å². The fourth-order valence-electron chi connectivity index (χ4n) is 8.77. The van der Waals surface area contributed by atoms with Crippen LogP contribution in [-0.2, 0) is 0 Å². The van der Waals surface area contributed by atoms with Crippen LogP contribution in [0.2, 0.25) is 0 Å². The van der Waals surface area contributed by atoms with Crippen molar-refractivity contribution in [2.75, 3.05) is 4.90 Å². The Morgan fingerprint density at radius 2 is 0.698 bits per heavy atom. The number of nitrogens with zero attached hydrogens (tertiary/aromatic N) is 9. The van der Waals surface area contributed by atoms with Gasteiger partial charge in [0.2, 0.25) is 0 Å². The maximum atomic E-state index is 5.39. The minimum absolute atomic E-state index is 0.629. The fraction of sp³-hybridized carbons (Fsp3) is 0. The van der Waals surface area contributed by atoms with E-state index in [9.17, 15) is 0 Å². The zero-order valence-corrected chi connectivity index (χ0v) is 33.7. The number of hydrogen-bond donors (Lipinski definition) is 0. The first-order chi connectivity index (χ1) is 31.3. The molecule has 12 rings (SSSR count). The second kappa shape index (κ2) is 15.0. The SMILES string of the molecule is c1ccc(-c2cc(-c3cc(-n4c5cccnc5c5ncccc54)c(N(c4ccccc4)c4ccccc4)c(-n4c5cccnc5c5ncccc54)c3)nc(-c3ccccc3)n2)cc1. The minimum Gasteiger partial charge on any atom is -0.307 e. The molecule has 0 saturated heterocycles. The smallest absolute Gasteiger partial charge is 0.160 e. The van der Waals surface area contributed by atoms with E-state index < -0.39 is 0 Å². The number of benzene rings is 5. The molecule has 0 aliphatic heterocycles. The third kappa shape index (κ3) is 6.09. The van der Waals surface area contributed by atoms with Gasteiger partial charge in [-0.3, -0.25) is 19.9 Å². The Balaban J connectivity index is 1.29. The maximum Gasteiger partial charge on any atom is 0.160 e. The molecule has 0 aliphatic rings. The molecule has 0 amide bonds. The van der Waals surface area contributed by atoms with Gasteiger partial charge in [0, 0.05) is 52.9 Å². The van der Waals surface area contributed by atoms with E-state index in [1.807, 2.05) is 85.5 Å². The average molecular weight is 810 g/mol. The summed E-state index contributed by atoms with van der Waals surface area (Å²) in [5.41, 5.74) is 15.9. The highest BCUT2D eigenvalue weighted by Gasteiger charge is 2.29. The van der Waals surface area contributed by atoms with Crippen LogP contribution in [0.25, 0.3) is 89.4 Å². The Labute approximate surface area is 361 Å². The molecule has 0 fully saturated rings. The van der Waals surface area contributed by atoms with E-state index >= 15 is 0 Å². The monoisotopic (exact) mass is 809 g/mol. The zero-order chi connectivity index (χ0) is 41.7. The number of pyridine rings is 4.